The van der Waals surface area contributed by atoms with E-state index in [0.29, 0.717) is 12.1 Å². The second kappa shape index (κ2) is 8.12. The Morgan fingerprint density at radius 2 is 1.82 bits per heavy atom. The lowest BCUT2D eigenvalue weighted by atomic mass is 10.1. The summed E-state index contributed by atoms with van der Waals surface area (Å²) in [7, 11) is 0. The van der Waals surface area contributed by atoms with Gasteiger partial charge in [0.1, 0.15) is 11.0 Å². The normalized spacial score (nSPS) is 14.9. The number of fused-ring (bicyclic) bond motifs is 1. The Bertz CT molecular complexity index is 1090. The van der Waals surface area contributed by atoms with E-state index < -0.39 is 23.0 Å². The molecule has 0 aliphatic heterocycles. The molecule has 0 spiro atoms. The summed E-state index contributed by atoms with van der Waals surface area (Å²) < 4.78 is 18.2. The van der Waals surface area contributed by atoms with Crippen LogP contribution in [0.2, 0.25) is 0 Å². The van der Waals surface area contributed by atoms with Crippen molar-refractivity contribution in [1.29, 1.82) is 0 Å². The van der Waals surface area contributed by atoms with Gasteiger partial charge in [-0.2, -0.15) is 0 Å². The number of hydrogen-bond acceptors (Lipinski definition) is 3. The van der Waals surface area contributed by atoms with Gasteiger partial charge < -0.3 is 0 Å². The molecule has 1 fully saturated rings. The smallest absolute Gasteiger partial charge is 0.300 e. The number of halogens is 1. The zero-order valence-electron chi connectivity index (χ0n) is 16.2. The molecule has 28 heavy (non-hydrogen) atoms. The third-order valence-corrected chi connectivity index (χ3v) is 5.20. The Morgan fingerprint density at radius 1 is 1.18 bits per heavy atom. The van der Waals surface area contributed by atoms with Crippen LogP contribution in [-0.4, -0.2) is 13.7 Å². The molecule has 1 aliphatic carbocycles. The highest BCUT2D eigenvalue weighted by Crippen LogP contribution is 2.34. The Morgan fingerprint density at radius 3 is 2.39 bits per heavy atom. The summed E-state index contributed by atoms with van der Waals surface area (Å²) in [6.45, 7) is 8.58. The standard InChI is InChI=1S/C21H26FN3O3/c1-4-11-23-19-18(20(27)24(12-5-2)21(23)28)17(26)13-16(25(19)14(3)22)8-6-7-15-9-10-15/h4-5,13-15H,1-2,6-12H2,3H3. The molecule has 1 aliphatic rings. The summed E-state index contributed by atoms with van der Waals surface area (Å²) in [4.78, 5) is 38.6. The highest BCUT2D eigenvalue weighted by molar-refractivity contribution is 5.75. The van der Waals surface area contributed by atoms with Crippen molar-refractivity contribution in [2.24, 2.45) is 5.92 Å². The molecule has 150 valence electrons. The largest absolute Gasteiger partial charge is 0.333 e. The van der Waals surface area contributed by atoms with Gasteiger partial charge in [-0.1, -0.05) is 31.4 Å². The topological polar surface area (TPSA) is 66.0 Å². The SMILES string of the molecule is C=CCn1c(=O)c2c(=O)cc(CCCC3CC3)n(C(C)F)c2n(CC=C)c1=O. The van der Waals surface area contributed by atoms with E-state index in [1.54, 1.807) is 0 Å². The minimum Gasteiger partial charge on any atom is -0.300 e. The molecule has 0 amide bonds. The average Bonchev–Trinajstić information content (AvgIpc) is 3.45. The van der Waals surface area contributed by atoms with Crippen molar-refractivity contribution in [2.75, 3.05) is 0 Å². The number of allylic oxidation sites excluding steroid dienone is 2. The summed E-state index contributed by atoms with van der Waals surface area (Å²) in [6, 6.07) is 1.34. The Labute approximate surface area is 162 Å². The van der Waals surface area contributed by atoms with E-state index in [1.807, 2.05) is 0 Å². The lowest BCUT2D eigenvalue weighted by Crippen LogP contribution is -2.43. The summed E-state index contributed by atoms with van der Waals surface area (Å²) in [5.41, 5.74) is -1.29. The molecule has 1 atom stereocenters. The van der Waals surface area contributed by atoms with Crippen LogP contribution in [0.5, 0.6) is 0 Å². The van der Waals surface area contributed by atoms with Crippen molar-refractivity contribution in [3.05, 3.63) is 68.1 Å². The van der Waals surface area contributed by atoms with Crippen molar-refractivity contribution in [2.45, 2.75) is 58.4 Å². The molecule has 0 radical (unpaired) electrons. The number of rotatable bonds is 9. The van der Waals surface area contributed by atoms with Crippen LogP contribution in [0.3, 0.4) is 0 Å². The number of nitrogens with zero attached hydrogens (tertiary/aromatic N) is 3. The number of hydrogen-bond donors (Lipinski definition) is 0. The Hall–Kier alpha value is -2.70. The van der Waals surface area contributed by atoms with Gasteiger partial charge in [0.2, 0.25) is 0 Å². The van der Waals surface area contributed by atoms with Crippen LogP contribution in [0, 0.1) is 5.92 Å². The Kier molecular flexibility index (Phi) is 5.82. The van der Waals surface area contributed by atoms with Crippen molar-refractivity contribution < 1.29 is 4.39 Å². The average molecular weight is 387 g/mol. The van der Waals surface area contributed by atoms with Gasteiger partial charge in [0, 0.05) is 24.8 Å². The van der Waals surface area contributed by atoms with E-state index in [2.05, 4.69) is 13.2 Å². The van der Waals surface area contributed by atoms with Crippen LogP contribution in [0.15, 0.2) is 45.8 Å². The molecule has 3 rings (SSSR count). The van der Waals surface area contributed by atoms with Crippen LogP contribution >= 0.6 is 0 Å². The maximum absolute atomic E-state index is 14.7. The van der Waals surface area contributed by atoms with Gasteiger partial charge >= 0.3 is 5.69 Å². The number of aryl methyl sites for hydroxylation is 1. The van der Waals surface area contributed by atoms with E-state index >= 15 is 0 Å². The fourth-order valence-electron chi connectivity index (χ4n) is 3.74. The molecule has 0 bridgehead atoms. The molecule has 2 heterocycles. The summed E-state index contributed by atoms with van der Waals surface area (Å²) in [5, 5.41) is -0.182. The molecular weight excluding hydrogens is 361 g/mol. The third-order valence-electron chi connectivity index (χ3n) is 5.20. The van der Waals surface area contributed by atoms with Crippen molar-refractivity contribution >= 4 is 11.0 Å². The Balaban J connectivity index is 2.33. The first-order valence-corrected chi connectivity index (χ1v) is 9.68. The lowest BCUT2D eigenvalue weighted by Gasteiger charge is -2.21. The summed E-state index contributed by atoms with van der Waals surface area (Å²) >= 11 is 0. The van der Waals surface area contributed by atoms with Crippen LogP contribution in [0.25, 0.3) is 11.0 Å². The third kappa shape index (κ3) is 3.66. The van der Waals surface area contributed by atoms with E-state index in [4.69, 9.17) is 0 Å². The quantitative estimate of drug-likeness (QED) is 0.622. The van der Waals surface area contributed by atoms with E-state index in [-0.39, 0.29) is 24.1 Å². The van der Waals surface area contributed by atoms with E-state index in [0.717, 1.165) is 23.3 Å². The van der Waals surface area contributed by atoms with Gasteiger partial charge in [-0.25, -0.2) is 9.18 Å². The van der Waals surface area contributed by atoms with Gasteiger partial charge in [-0.05, 0) is 25.7 Å². The molecule has 7 heteroatoms. The zero-order valence-corrected chi connectivity index (χ0v) is 16.2. The van der Waals surface area contributed by atoms with E-state index in [9.17, 15) is 18.8 Å². The highest BCUT2D eigenvalue weighted by atomic mass is 19.1. The van der Waals surface area contributed by atoms with Gasteiger partial charge in [0.05, 0.1) is 0 Å². The van der Waals surface area contributed by atoms with Gasteiger partial charge in [0.15, 0.2) is 11.7 Å². The van der Waals surface area contributed by atoms with Crippen molar-refractivity contribution in [1.82, 2.24) is 13.7 Å². The molecule has 2 aromatic heterocycles. The second-order valence-electron chi connectivity index (χ2n) is 7.36. The monoisotopic (exact) mass is 387 g/mol. The summed E-state index contributed by atoms with van der Waals surface area (Å²) in [6.07, 6.45) is 6.25. The first-order chi connectivity index (χ1) is 13.4. The van der Waals surface area contributed by atoms with Crippen LogP contribution in [0.1, 0.15) is 44.6 Å². The molecule has 6 nitrogen and oxygen atoms in total. The number of aromatic nitrogens is 3. The molecule has 0 N–H and O–H groups in total. The first kappa shape index (κ1) is 20.0. The molecule has 0 aromatic carbocycles. The van der Waals surface area contributed by atoms with E-state index in [1.165, 1.54) is 47.1 Å². The maximum atomic E-state index is 14.7. The minimum absolute atomic E-state index is 0.0270. The fraction of sp³-hybridized carbons (Fsp3) is 0.476. The first-order valence-electron chi connectivity index (χ1n) is 9.68. The molecule has 2 aromatic rings. The lowest BCUT2D eigenvalue weighted by molar-refractivity contribution is 0.264. The maximum Gasteiger partial charge on any atom is 0.333 e. The van der Waals surface area contributed by atoms with Crippen LogP contribution < -0.4 is 16.7 Å². The molecule has 0 saturated heterocycles. The predicted molar refractivity (Wildman–Crippen MR) is 109 cm³/mol. The summed E-state index contributed by atoms with van der Waals surface area (Å²) in [5.74, 6) is 0.730. The molecular formula is C21H26FN3O3. The number of alkyl halides is 1. The highest BCUT2D eigenvalue weighted by Gasteiger charge is 2.23. The van der Waals surface area contributed by atoms with Gasteiger partial charge in [-0.3, -0.25) is 23.3 Å². The molecule has 1 saturated carbocycles. The van der Waals surface area contributed by atoms with Crippen LogP contribution in [-0.2, 0) is 19.5 Å². The minimum atomic E-state index is -1.50. The van der Waals surface area contributed by atoms with Crippen LogP contribution in [0.4, 0.5) is 4.39 Å². The zero-order chi connectivity index (χ0) is 20.4. The van der Waals surface area contributed by atoms with Crippen molar-refractivity contribution in [3.8, 4) is 0 Å². The van der Waals surface area contributed by atoms with Gasteiger partial charge in [0.25, 0.3) is 5.56 Å². The van der Waals surface area contributed by atoms with Gasteiger partial charge in [-0.15, -0.1) is 13.2 Å². The number of pyridine rings is 1. The van der Waals surface area contributed by atoms with Crippen molar-refractivity contribution in [3.63, 3.8) is 0 Å². The fourth-order valence-corrected chi connectivity index (χ4v) is 3.74. The molecule has 1 unspecified atom stereocenters. The second-order valence-corrected chi connectivity index (χ2v) is 7.36. The predicted octanol–water partition coefficient (Wildman–Crippen LogP) is 2.92.